The lowest BCUT2D eigenvalue weighted by atomic mass is 10.1. The highest BCUT2D eigenvalue weighted by molar-refractivity contribution is 6.09. The first-order chi connectivity index (χ1) is 6.77. The molecule has 2 rings (SSSR count). The lowest BCUT2D eigenvalue weighted by molar-refractivity contribution is 0.103. The number of hydrogen-bond acceptors (Lipinski definition) is 3. The maximum Gasteiger partial charge on any atom is 0.196 e. The van der Waals surface area contributed by atoms with Crippen molar-refractivity contribution in [2.45, 2.75) is 0 Å². The lowest BCUT2D eigenvalue weighted by Crippen LogP contribution is -2.00. The molecule has 0 aliphatic heterocycles. The zero-order valence-corrected chi connectivity index (χ0v) is 7.44. The minimum atomic E-state index is -0.0777. The highest BCUT2D eigenvalue weighted by atomic mass is 16.3. The van der Waals surface area contributed by atoms with E-state index < -0.39 is 0 Å². The van der Waals surface area contributed by atoms with E-state index >= 15 is 0 Å². The second kappa shape index (κ2) is 3.38. The molecule has 0 aliphatic carbocycles. The van der Waals surface area contributed by atoms with Gasteiger partial charge in [0.25, 0.3) is 0 Å². The van der Waals surface area contributed by atoms with Crippen molar-refractivity contribution in [3.8, 4) is 0 Å². The zero-order chi connectivity index (χ0) is 9.97. The van der Waals surface area contributed by atoms with Crippen LogP contribution in [-0.2, 0) is 0 Å². The van der Waals surface area contributed by atoms with E-state index in [9.17, 15) is 4.79 Å². The molecule has 14 heavy (non-hydrogen) atoms. The number of furan rings is 1. The number of nitrogens with two attached hydrogens (primary N) is 1. The molecule has 3 nitrogen and oxygen atoms in total. The fourth-order valence-corrected chi connectivity index (χ4v) is 1.24. The van der Waals surface area contributed by atoms with Gasteiger partial charge in [-0.15, -0.1) is 0 Å². The summed E-state index contributed by atoms with van der Waals surface area (Å²) in [5.74, 6) is -0.0777. The third-order valence-corrected chi connectivity index (χ3v) is 1.93. The molecule has 0 radical (unpaired) electrons. The summed E-state index contributed by atoms with van der Waals surface area (Å²) in [6.45, 7) is 0. The minimum absolute atomic E-state index is 0.0777. The Hall–Kier alpha value is -2.03. The molecule has 0 aliphatic rings. The predicted molar refractivity (Wildman–Crippen MR) is 53.0 cm³/mol. The summed E-state index contributed by atoms with van der Waals surface area (Å²) in [6.07, 6.45) is 2.89. The van der Waals surface area contributed by atoms with E-state index in [0.29, 0.717) is 16.8 Å². The molecule has 1 aromatic carbocycles. The monoisotopic (exact) mass is 187 g/mol. The fourth-order valence-electron chi connectivity index (χ4n) is 1.24. The second-order valence-electron chi connectivity index (χ2n) is 2.97. The normalized spacial score (nSPS) is 10.0. The smallest absolute Gasteiger partial charge is 0.196 e. The molecule has 3 heteroatoms. The van der Waals surface area contributed by atoms with Crippen molar-refractivity contribution in [1.82, 2.24) is 0 Å². The summed E-state index contributed by atoms with van der Waals surface area (Å²) in [4.78, 5) is 11.7. The van der Waals surface area contributed by atoms with E-state index in [1.165, 1.54) is 12.5 Å². The summed E-state index contributed by atoms with van der Waals surface area (Å²) in [7, 11) is 0. The van der Waals surface area contributed by atoms with E-state index in [2.05, 4.69) is 0 Å². The number of carbonyl (C=O) groups excluding carboxylic acids is 1. The Bertz CT molecular complexity index is 446. The Balaban J connectivity index is 2.37. The molecular formula is C11H9NO2. The van der Waals surface area contributed by atoms with Crippen LogP contribution in [0.1, 0.15) is 15.9 Å². The Kier molecular flexibility index (Phi) is 2.07. The number of nitrogen functional groups attached to an aromatic ring is 1. The third kappa shape index (κ3) is 1.52. The standard InChI is InChI=1S/C11H9NO2/c12-10-3-1-2-8(6-10)11(13)9-4-5-14-7-9/h1-7H,12H2. The topological polar surface area (TPSA) is 56.2 Å². The molecule has 0 fully saturated rings. The summed E-state index contributed by atoms with van der Waals surface area (Å²) in [5, 5.41) is 0. The second-order valence-corrected chi connectivity index (χ2v) is 2.97. The third-order valence-electron chi connectivity index (χ3n) is 1.93. The van der Waals surface area contributed by atoms with Crippen LogP contribution in [0.4, 0.5) is 5.69 Å². The highest BCUT2D eigenvalue weighted by Gasteiger charge is 2.09. The Morgan fingerprint density at radius 3 is 2.71 bits per heavy atom. The maximum absolute atomic E-state index is 11.7. The van der Waals surface area contributed by atoms with Crippen LogP contribution in [0.5, 0.6) is 0 Å². The van der Waals surface area contributed by atoms with Gasteiger partial charge in [-0.2, -0.15) is 0 Å². The number of rotatable bonds is 2. The van der Waals surface area contributed by atoms with Crippen LogP contribution in [0.3, 0.4) is 0 Å². The predicted octanol–water partition coefficient (Wildman–Crippen LogP) is 2.09. The zero-order valence-electron chi connectivity index (χ0n) is 7.44. The highest BCUT2D eigenvalue weighted by Crippen LogP contribution is 2.12. The Morgan fingerprint density at radius 1 is 1.21 bits per heavy atom. The average molecular weight is 187 g/mol. The number of hydrogen-bond donors (Lipinski definition) is 1. The van der Waals surface area contributed by atoms with Crippen LogP contribution in [0.2, 0.25) is 0 Å². The van der Waals surface area contributed by atoms with Crippen molar-refractivity contribution in [2.24, 2.45) is 0 Å². The molecule has 2 aromatic rings. The van der Waals surface area contributed by atoms with Gasteiger partial charge in [0.15, 0.2) is 5.78 Å². The van der Waals surface area contributed by atoms with Gasteiger partial charge in [0, 0.05) is 11.3 Å². The van der Waals surface area contributed by atoms with E-state index in [1.54, 1.807) is 30.3 Å². The number of ketones is 1. The average Bonchev–Trinajstić information content (AvgIpc) is 2.69. The van der Waals surface area contributed by atoms with Crippen LogP contribution in [0.15, 0.2) is 47.3 Å². The fraction of sp³-hybridized carbons (Fsp3) is 0. The number of anilines is 1. The van der Waals surface area contributed by atoms with E-state index in [1.807, 2.05) is 0 Å². The van der Waals surface area contributed by atoms with Gasteiger partial charge in [-0.1, -0.05) is 12.1 Å². The Morgan fingerprint density at radius 2 is 2.07 bits per heavy atom. The molecular weight excluding hydrogens is 178 g/mol. The molecule has 0 spiro atoms. The number of carbonyl (C=O) groups is 1. The molecule has 0 unspecified atom stereocenters. The first-order valence-corrected chi connectivity index (χ1v) is 4.20. The van der Waals surface area contributed by atoms with Crippen LogP contribution in [0.25, 0.3) is 0 Å². The van der Waals surface area contributed by atoms with Crippen LogP contribution in [0, 0.1) is 0 Å². The van der Waals surface area contributed by atoms with Gasteiger partial charge in [0.2, 0.25) is 0 Å². The van der Waals surface area contributed by atoms with Gasteiger partial charge in [-0.25, -0.2) is 0 Å². The largest absolute Gasteiger partial charge is 0.472 e. The van der Waals surface area contributed by atoms with Gasteiger partial charge in [-0.3, -0.25) is 4.79 Å². The number of benzene rings is 1. The first kappa shape index (κ1) is 8.56. The minimum Gasteiger partial charge on any atom is -0.472 e. The van der Waals surface area contributed by atoms with Crippen molar-refractivity contribution < 1.29 is 9.21 Å². The van der Waals surface area contributed by atoms with Gasteiger partial charge >= 0.3 is 0 Å². The van der Waals surface area contributed by atoms with Gasteiger partial charge < -0.3 is 10.2 Å². The van der Waals surface area contributed by atoms with Crippen molar-refractivity contribution in [3.05, 3.63) is 54.0 Å². The SMILES string of the molecule is Nc1cccc(C(=O)c2ccoc2)c1. The Labute approximate surface area is 81.1 Å². The molecule has 0 bridgehead atoms. The van der Waals surface area contributed by atoms with Crippen molar-refractivity contribution in [3.63, 3.8) is 0 Å². The van der Waals surface area contributed by atoms with E-state index in [4.69, 9.17) is 10.2 Å². The molecule has 0 amide bonds. The molecule has 1 aromatic heterocycles. The summed E-state index contributed by atoms with van der Waals surface area (Å²) in [5.41, 5.74) is 7.27. The van der Waals surface area contributed by atoms with Crippen molar-refractivity contribution in [1.29, 1.82) is 0 Å². The van der Waals surface area contributed by atoms with Gasteiger partial charge in [-0.05, 0) is 18.2 Å². The molecule has 70 valence electrons. The summed E-state index contributed by atoms with van der Waals surface area (Å²) < 4.78 is 4.84. The first-order valence-electron chi connectivity index (χ1n) is 4.20. The maximum atomic E-state index is 11.7. The molecule has 0 saturated carbocycles. The van der Waals surface area contributed by atoms with Crippen LogP contribution < -0.4 is 5.73 Å². The molecule has 0 atom stereocenters. The van der Waals surface area contributed by atoms with Crippen LogP contribution >= 0.6 is 0 Å². The van der Waals surface area contributed by atoms with E-state index in [-0.39, 0.29) is 5.78 Å². The lowest BCUT2D eigenvalue weighted by Gasteiger charge is -1.98. The van der Waals surface area contributed by atoms with E-state index in [0.717, 1.165) is 0 Å². The van der Waals surface area contributed by atoms with Crippen molar-refractivity contribution in [2.75, 3.05) is 5.73 Å². The summed E-state index contributed by atoms with van der Waals surface area (Å²) in [6, 6.07) is 8.50. The summed E-state index contributed by atoms with van der Waals surface area (Å²) >= 11 is 0. The van der Waals surface area contributed by atoms with Gasteiger partial charge in [0.05, 0.1) is 11.8 Å². The molecule has 2 N–H and O–H groups in total. The quantitative estimate of drug-likeness (QED) is 0.578. The van der Waals surface area contributed by atoms with Crippen LogP contribution in [-0.4, -0.2) is 5.78 Å². The van der Waals surface area contributed by atoms with Gasteiger partial charge in [0.1, 0.15) is 6.26 Å². The molecule has 1 heterocycles. The molecule has 0 saturated heterocycles. The van der Waals surface area contributed by atoms with Crippen molar-refractivity contribution >= 4 is 11.5 Å².